The van der Waals surface area contributed by atoms with Crippen LogP contribution in [0.15, 0.2) is 30.3 Å². The average molecular weight is 315 g/mol. The van der Waals surface area contributed by atoms with Crippen LogP contribution in [0, 0.1) is 0 Å². The van der Waals surface area contributed by atoms with Gasteiger partial charge in [-0.3, -0.25) is 19.4 Å². The van der Waals surface area contributed by atoms with Crippen molar-refractivity contribution in [3.05, 3.63) is 30.3 Å². The summed E-state index contributed by atoms with van der Waals surface area (Å²) in [5, 5.41) is 14.9. The SMILES string of the molecule is CP(=O)(O)CC(=O)NCC(=O)N(O)CNc1ccccc1. The number of para-hydroxylation sites is 1. The van der Waals surface area contributed by atoms with Gasteiger partial charge in [-0.1, -0.05) is 18.2 Å². The summed E-state index contributed by atoms with van der Waals surface area (Å²) < 4.78 is 11.0. The highest BCUT2D eigenvalue weighted by molar-refractivity contribution is 7.58. The van der Waals surface area contributed by atoms with Crippen molar-refractivity contribution in [3.8, 4) is 0 Å². The Morgan fingerprint density at radius 3 is 2.48 bits per heavy atom. The Kier molecular flexibility index (Phi) is 6.36. The molecular weight excluding hydrogens is 297 g/mol. The number of carbonyl (C=O) groups excluding carboxylic acids is 2. The van der Waals surface area contributed by atoms with Crippen molar-refractivity contribution in [3.63, 3.8) is 0 Å². The molecule has 0 aliphatic carbocycles. The van der Waals surface area contributed by atoms with Gasteiger partial charge in [0.2, 0.25) is 13.3 Å². The Bertz CT molecular complexity index is 531. The summed E-state index contributed by atoms with van der Waals surface area (Å²) in [6, 6.07) is 8.95. The molecule has 21 heavy (non-hydrogen) atoms. The molecule has 0 saturated heterocycles. The van der Waals surface area contributed by atoms with Gasteiger partial charge in [0.25, 0.3) is 5.91 Å². The minimum absolute atomic E-state index is 0.148. The van der Waals surface area contributed by atoms with Crippen molar-refractivity contribution < 1.29 is 24.3 Å². The van der Waals surface area contributed by atoms with Gasteiger partial charge in [-0.15, -0.1) is 0 Å². The molecule has 0 saturated carbocycles. The number of rotatable bonds is 7. The van der Waals surface area contributed by atoms with E-state index in [4.69, 9.17) is 4.89 Å². The summed E-state index contributed by atoms with van der Waals surface area (Å²) in [5.74, 6) is -1.46. The number of carbonyl (C=O) groups is 2. The fourth-order valence-corrected chi connectivity index (χ4v) is 2.04. The van der Waals surface area contributed by atoms with E-state index in [1.165, 1.54) is 0 Å². The molecule has 0 aliphatic heterocycles. The highest BCUT2D eigenvalue weighted by Crippen LogP contribution is 2.33. The zero-order valence-electron chi connectivity index (χ0n) is 11.5. The third kappa shape index (κ3) is 7.45. The smallest absolute Gasteiger partial charge is 0.267 e. The summed E-state index contributed by atoms with van der Waals surface area (Å²) in [6.45, 7) is 0.452. The van der Waals surface area contributed by atoms with Crippen LogP contribution in [0.25, 0.3) is 0 Å². The Hall–Kier alpha value is -1.89. The van der Waals surface area contributed by atoms with Crippen LogP contribution >= 0.6 is 7.37 Å². The molecule has 0 spiro atoms. The summed E-state index contributed by atoms with van der Waals surface area (Å²) in [6.07, 6.45) is -0.562. The van der Waals surface area contributed by atoms with E-state index in [-0.39, 0.29) is 6.67 Å². The van der Waals surface area contributed by atoms with Crippen molar-refractivity contribution in [2.45, 2.75) is 0 Å². The van der Waals surface area contributed by atoms with Gasteiger partial charge < -0.3 is 15.5 Å². The molecule has 1 unspecified atom stereocenters. The number of nitrogens with zero attached hydrogens (tertiary/aromatic N) is 1. The maximum atomic E-state index is 11.5. The maximum absolute atomic E-state index is 11.5. The quantitative estimate of drug-likeness (QED) is 0.248. The number of hydrogen-bond acceptors (Lipinski definition) is 5. The molecule has 0 heterocycles. The van der Waals surface area contributed by atoms with Crippen molar-refractivity contribution in [1.82, 2.24) is 10.4 Å². The van der Waals surface area contributed by atoms with Crippen LogP contribution in [-0.4, -0.2) is 53.0 Å². The minimum Gasteiger partial charge on any atom is -0.366 e. The van der Waals surface area contributed by atoms with Crippen molar-refractivity contribution >= 4 is 24.9 Å². The standard InChI is InChI=1S/C12H18N3O5P/c1-21(19,20)8-11(16)13-7-12(17)15(18)9-14-10-5-3-2-4-6-10/h2-6,14,18H,7-9H2,1H3,(H,13,16)(H,19,20). The molecule has 0 aliphatic rings. The zero-order valence-corrected chi connectivity index (χ0v) is 12.4. The molecular formula is C12H18N3O5P. The van der Waals surface area contributed by atoms with Gasteiger partial charge in [-0.2, -0.15) is 0 Å². The second-order valence-corrected chi connectivity index (χ2v) is 6.90. The number of hydroxylamine groups is 2. The molecule has 1 aromatic rings. The van der Waals surface area contributed by atoms with Gasteiger partial charge in [0, 0.05) is 12.4 Å². The van der Waals surface area contributed by atoms with Gasteiger partial charge in [0.15, 0.2) is 0 Å². The number of hydrogen-bond donors (Lipinski definition) is 4. The molecule has 0 radical (unpaired) electrons. The van der Waals surface area contributed by atoms with Gasteiger partial charge in [-0.25, -0.2) is 5.06 Å². The molecule has 8 nitrogen and oxygen atoms in total. The topological polar surface area (TPSA) is 119 Å². The first-order valence-electron chi connectivity index (χ1n) is 6.12. The molecule has 9 heteroatoms. The molecule has 116 valence electrons. The first-order valence-corrected chi connectivity index (χ1v) is 8.41. The largest absolute Gasteiger partial charge is 0.366 e. The van der Waals surface area contributed by atoms with E-state index in [9.17, 15) is 19.4 Å². The lowest BCUT2D eigenvalue weighted by atomic mass is 10.3. The minimum atomic E-state index is -3.47. The van der Waals surface area contributed by atoms with E-state index in [2.05, 4.69) is 10.6 Å². The molecule has 1 atom stereocenters. The molecule has 0 bridgehead atoms. The van der Waals surface area contributed by atoms with Crippen LogP contribution in [0.3, 0.4) is 0 Å². The molecule has 4 N–H and O–H groups in total. The summed E-state index contributed by atoms with van der Waals surface area (Å²) in [7, 11) is -3.47. The van der Waals surface area contributed by atoms with Crippen LogP contribution in [0.4, 0.5) is 5.69 Å². The van der Waals surface area contributed by atoms with E-state index >= 15 is 0 Å². The van der Waals surface area contributed by atoms with E-state index < -0.39 is 31.9 Å². The normalized spacial score (nSPS) is 13.1. The van der Waals surface area contributed by atoms with Gasteiger partial charge in [0.05, 0.1) is 6.54 Å². The lowest BCUT2D eigenvalue weighted by Crippen LogP contribution is -2.41. The van der Waals surface area contributed by atoms with Crippen LogP contribution in [0.2, 0.25) is 0 Å². The second-order valence-electron chi connectivity index (χ2n) is 4.48. The van der Waals surface area contributed by atoms with E-state index in [0.29, 0.717) is 5.06 Å². The fraction of sp³-hybridized carbons (Fsp3) is 0.333. The molecule has 0 aromatic heterocycles. The van der Waals surface area contributed by atoms with Crippen LogP contribution in [0.5, 0.6) is 0 Å². The third-order valence-electron chi connectivity index (χ3n) is 2.37. The predicted molar refractivity (Wildman–Crippen MR) is 77.2 cm³/mol. The molecule has 2 amide bonds. The predicted octanol–water partition coefficient (Wildman–Crippen LogP) is 0.290. The fourth-order valence-electron chi connectivity index (χ4n) is 1.40. The third-order valence-corrected chi connectivity index (χ3v) is 3.24. The van der Waals surface area contributed by atoms with Crippen LogP contribution in [-0.2, 0) is 14.2 Å². The van der Waals surface area contributed by atoms with Gasteiger partial charge >= 0.3 is 0 Å². The summed E-state index contributed by atoms with van der Waals surface area (Å²) in [5.41, 5.74) is 0.723. The number of nitrogens with one attached hydrogen (secondary N) is 2. The molecule has 0 fully saturated rings. The van der Waals surface area contributed by atoms with Gasteiger partial charge in [-0.05, 0) is 12.1 Å². The maximum Gasteiger partial charge on any atom is 0.267 e. The Balaban J connectivity index is 2.31. The van der Waals surface area contributed by atoms with Crippen molar-refractivity contribution in [2.75, 3.05) is 31.4 Å². The van der Waals surface area contributed by atoms with E-state index in [1.807, 2.05) is 6.07 Å². The molecule has 1 aromatic carbocycles. The highest BCUT2D eigenvalue weighted by atomic mass is 31.2. The monoisotopic (exact) mass is 315 g/mol. The number of amides is 2. The summed E-state index contributed by atoms with van der Waals surface area (Å²) in [4.78, 5) is 31.8. The van der Waals surface area contributed by atoms with E-state index in [1.54, 1.807) is 24.3 Å². The van der Waals surface area contributed by atoms with Crippen molar-refractivity contribution in [1.29, 1.82) is 0 Å². The number of benzene rings is 1. The zero-order chi connectivity index (χ0) is 15.9. The van der Waals surface area contributed by atoms with Crippen LogP contribution in [0.1, 0.15) is 0 Å². The Morgan fingerprint density at radius 1 is 1.29 bits per heavy atom. The second kappa shape index (κ2) is 7.78. The van der Waals surface area contributed by atoms with Crippen LogP contribution < -0.4 is 10.6 Å². The summed E-state index contributed by atoms with van der Waals surface area (Å²) >= 11 is 0. The first-order chi connectivity index (χ1) is 9.78. The average Bonchev–Trinajstić information content (AvgIpc) is 2.41. The first kappa shape index (κ1) is 17.2. The highest BCUT2D eigenvalue weighted by Gasteiger charge is 2.18. The number of anilines is 1. The lowest BCUT2D eigenvalue weighted by molar-refractivity contribution is -0.163. The van der Waals surface area contributed by atoms with Gasteiger partial charge in [0.1, 0.15) is 12.8 Å². The Morgan fingerprint density at radius 2 is 1.90 bits per heavy atom. The Labute approximate surface area is 122 Å². The lowest BCUT2D eigenvalue weighted by Gasteiger charge is -2.16. The van der Waals surface area contributed by atoms with Crippen molar-refractivity contribution in [2.24, 2.45) is 0 Å². The molecule has 1 rings (SSSR count). The van der Waals surface area contributed by atoms with E-state index in [0.717, 1.165) is 12.4 Å².